The highest BCUT2D eigenvalue weighted by Crippen LogP contribution is 2.31. The van der Waals surface area contributed by atoms with Gasteiger partial charge in [-0.05, 0) is 55.2 Å². The van der Waals surface area contributed by atoms with Crippen molar-refractivity contribution in [2.75, 3.05) is 0 Å². The molecule has 1 aliphatic rings. The van der Waals surface area contributed by atoms with Crippen molar-refractivity contribution in [1.82, 2.24) is 5.43 Å². The van der Waals surface area contributed by atoms with E-state index in [0.29, 0.717) is 35.4 Å². The Balaban J connectivity index is 1.40. The molecule has 0 atom stereocenters. The van der Waals surface area contributed by atoms with Gasteiger partial charge < -0.3 is 9.15 Å². The average Bonchev–Trinajstić information content (AvgIpc) is 3.27. The van der Waals surface area contributed by atoms with Gasteiger partial charge in [0.1, 0.15) is 17.3 Å². The van der Waals surface area contributed by atoms with Crippen LogP contribution in [0.2, 0.25) is 0 Å². The minimum absolute atomic E-state index is 0.0710. The predicted molar refractivity (Wildman–Crippen MR) is 137 cm³/mol. The predicted octanol–water partition coefficient (Wildman–Crippen LogP) is 5.94. The standard InChI is InChI=1S/C30H25FN2O4/c1-19-26-24(13-8-14-25(26)37-28(19)30(35)36-23-17-15-22(31)16-18-23)32-33-29(34)27(20-9-4-2-5-10-20)21-11-6-3-7-12-21/h2-7,9-12,15-18,27H,8,13-14H2,1H3,(H,33,34)/b32-24+. The van der Waals surface area contributed by atoms with Gasteiger partial charge in [0, 0.05) is 17.5 Å². The number of nitrogens with zero attached hydrogens (tertiary/aromatic N) is 1. The summed E-state index contributed by atoms with van der Waals surface area (Å²) >= 11 is 0. The highest BCUT2D eigenvalue weighted by molar-refractivity contribution is 6.06. The number of furan rings is 1. The lowest BCUT2D eigenvalue weighted by Crippen LogP contribution is -2.28. The third kappa shape index (κ3) is 5.21. The molecule has 1 heterocycles. The number of amides is 1. The Morgan fingerprint density at radius 2 is 1.54 bits per heavy atom. The molecule has 1 aromatic heterocycles. The van der Waals surface area contributed by atoms with E-state index >= 15 is 0 Å². The number of hydrogen-bond donors (Lipinski definition) is 1. The van der Waals surface area contributed by atoms with E-state index in [2.05, 4.69) is 10.5 Å². The van der Waals surface area contributed by atoms with Crippen LogP contribution in [0.4, 0.5) is 4.39 Å². The molecule has 1 aliphatic carbocycles. The van der Waals surface area contributed by atoms with Crippen LogP contribution < -0.4 is 10.2 Å². The van der Waals surface area contributed by atoms with Gasteiger partial charge in [-0.2, -0.15) is 5.10 Å². The second-order valence-corrected chi connectivity index (χ2v) is 8.84. The number of carbonyl (C=O) groups is 2. The molecule has 37 heavy (non-hydrogen) atoms. The van der Waals surface area contributed by atoms with Crippen molar-refractivity contribution in [2.45, 2.75) is 32.1 Å². The van der Waals surface area contributed by atoms with E-state index in [1.807, 2.05) is 60.7 Å². The first-order chi connectivity index (χ1) is 18.0. The number of rotatable bonds is 6. The summed E-state index contributed by atoms with van der Waals surface area (Å²) in [5.41, 5.74) is 6.44. The lowest BCUT2D eigenvalue weighted by atomic mass is 9.91. The van der Waals surface area contributed by atoms with Gasteiger partial charge >= 0.3 is 5.97 Å². The van der Waals surface area contributed by atoms with Crippen molar-refractivity contribution >= 4 is 17.6 Å². The summed E-state index contributed by atoms with van der Waals surface area (Å²) in [5.74, 6) is -0.957. The Bertz CT molecular complexity index is 1400. The molecule has 0 aliphatic heterocycles. The molecular formula is C30H25FN2O4. The molecule has 7 heteroatoms. The normalized spacial score (nSPS) is 13.9. The summed E-state index contributed by atoms with van der Waals surface area (Å²) < 4.78 is 24.4. The number of nitrogens with one attached hydrogen (secondary N) is 1. The van der Waals surface area contributed by atoms with Crippen LogP contribution in [0.5, 0.6) is 5.75 Å². The zero-order chi connectivity index (χ0) is 25.8. The Labute approximate surface area is 213 Å². The lowest BCUT2D eigenvalue weighted by molar-refractivity contribution is -0.121. The maximum atomic E-state index is 13.4. The Hall–Kier alpha value is -4.52. The van der Waals surface area contributed by atoms with Crippen molar-refractivity contribution in [3.05, 3.63) is 125 Å². The topological polar surface area (TPSA) is 80.9 Å². The maximum absolute atomic E-state index is 13.4. The molecule has 1 amide bonds. The molecule has 1 N–H and O–H groups in total. The molecule has 0 fully saturated rings. The first-order valence-corrected chi connectivity index (χ1v) is 12.1. The lowest BCUT2D eigenvalue weighted by Gasteiger charge is -2.18. The molecule has 5 rings (SSSR count). The summed E-state index contributed by atoms with van der Waals surface area (Å²) in [5, 5.41) is 4.49. The molecule has 0 saturated carbocycles. The third-order valence-corrected chi connectivity index (χ3v) is 6.36. The fourth-order valence-electron chi connectivity index (χ4n) is 4.60. The van der Waals surface area contributed by atoms with Crippen LogP contribution in [0.25, 0.3) is 0 Å². The van der Waals surface area contributed by atoms with Gasteiger partial charge in [-0.3, -0.25) is 4.79 Å². The number of hydrogen-bond acceptors (Lipinski definition) is 5. The number of ether oxygens (including phenoxy) is 1. The summed E-state index contributed by atoms with van der Waals surface area (Å²) in [7, 11) is 0. The number of aryl methyl sites for hydroxylation is 1. The molecule has 0 saturated heterocycles. The van der Waals surface area contributed by atoms with Crippen LogP contribution in [0.3, 0.4) is 0 Å². The van der Waals surface area contributed by atoms with Crippen molar-refractivity contribution in [3.8, 4) is 5.75 Å². The first-order valence-electron chi connectivity index (χ1n) is 12.1. The smallest absolute Gasteiger partial charge is 0.379 e. The highest BCUT2D eigenvalue weighted by atomic mass is 19.1. The van der Waals surface area contributed by atoms with Gasteiger partial charge in [0.25, 0.3) is 5.91 Å². The van der Waals surface area contributed by atoms with Crippen LogP contribution in [0, 0.1) is 12.7 Å². The van der Waals surface area contributed by atoms with E-state index in [4.69, 9.17) is 9.15 Å². The van der Waals surface area contributed by atoms with Crippen molar-refractivity contribution in [2.24, 2.45) is 5.10 Å². The fourth-order valence-corrected chi connectivity index (χ4v) is 4.60. The molecule has 4 aromatic rings. The molecule has 186 valence electrons. The number of halogens is 1. The minimum atomic E-state index is -0.671. The minimum Gasteiger partial charge on any atom is -0.453 e. The van der Waals surface area contributed by atoms with Gasteiger partial charge in [0.15, 0.2) is 0 Å². The third-order valence-electron chi connectivity index (χ3n) is 6.36. The number of hydrazone groups is 1. The fraction of sp³-hybridized carbons (Fsp3) is 0.167. The van der Waals surface area contributed by atoms with Crippen molar-refractivity contribution in [1.29, 1.82) is 0 Å². The van der Waals surface area contributed by atoms with Gasteiger partial charge in [-0.15, -0.1) is 0 Å². The monoisotopic (exact) mass is 496 g/mol. The average molecular weight is 497 g/mol. The molecule has 0 spiro atoms. The van der Waals surface area contributed by atoms with Crippen LogP contribution in [-0.2, 0) is 11.2 Å². The Morgan fingerprint density at radius 1 is 0.919 bits per heavy atom. The van der Waals surface area contributed by atoms with Gasteiger partial charge in [-0.1, -0.05) is 60.7 Å². The molecule has 0 unspecified atom stereocenters. The summed E-state index contributed by atoms with van der Waals surface area (Å²) in [4.78, 5) is 26.2. The molecule has 0 bridgehead atoms. The molecular weight excluding hydrogens is 471 g/mol. The number of fused-ring (bicyclic) bond motifs is 1. The summed E-state index contributed by atoms with van der Waals surface area (Å²) in [6, 6.07) is 24.3. The van der Waals surface area contributed by atoms with Gasteiger partial charge in [-0.25, -0.2) is 14.6 Å². The van der Waals surface area contributed by atoms with E-state index in [0.717, 1.165) is 17.5 Å². The van der Waals surface area contributed by atoms with E-state index in [-0.39, 0.29) is 17.4 Å². The Kier molecular flexibility index (Phi) is 6.94. The van der Waals surface area contributed by atoms with Crippen molar-refractivity contribution < 1.29 is 23.1 Å². The number of esters is 1. The largest absolute Gasteiger partial charge is 0.453 e. The quantitative estimate of drug-likeness (QED) is 0.204. The van der Waals surface area contributed by atoms with Gasteiger partial charge in [0.2, 0.25) is 5.76 Å². The van der Waals surface area contributed by atoms with Crippen LogP contribution in [0.15, 0.2) is 94.4 Å². The maximum Gasteiger partial charge on any atom is 0.379 e. The van der Waals surface area contributed by atoms with E-state index in [1.54, 1.807) is 6.92 Å². The number of benzene rings is 3. The van der Waals surface area contributed by atoms with Crippen LogP contribution in [0.1, 0.15) is 57.3 Å². The molecule has 3 aromatic carbocycles. The van der Waals surface area contributed by atoms with E-state index in [1.165, 1.54) is 24.3 Å². The second kappa shape index (κ2) is 10.6. The van der Waals surface area contributed by atoms with E-state index in [9.17, 15) is 14.0 Å². The van der Waals surface area contributed by atoms with Crippen LogP contribution in [-0.4, -0.2) is 17.6 Å². The first kappa shape index (κ1) is 24.2. The molecule has 0 radical (unpaired) electrons. The SMILES string of the molecule is Cc1c(C(=O)Oc2ccc(F)cc2)oc2c1/C(=N/NC(=O)C(c1ccccc1)c1ccccc1)CCC2. The zero-order valence-corrected chi connectivity index (χ0v) is 20.2. The second-order valence-electron chi connectivity index (χ2n) is 8.84. The van der Waals surface area contributed by atoms with Gasteiger partial charge in [0.05, 0.1) is 11.6 Å². The zero-order valence-electron chi connectivity index (χ0n) is 20.2. The van der Waals surface area contributed by atoms with Crippen LogP contribution >= 0.6 is 0 Å². The van der Waals surface area contributed by atoms with E-state index < -0.39 is 17.7 Å². The number of carbonyl (C=O) groups excluding carboxylic acids is 2. The summed E-state index contributed by atoms with van der Waals surface area (Å²) in [6.07, 6.45) is 2.03. The molecule has 6 nitrogen and oxygen atoms in total. The summed E-state index contributed by atoms with van der Waals surface area (Å²) in [6.45, 7) is 1.77. The highest BCUT2D eigenvalue weighted by Gasteiger charge is 2.30. The Morgan fingerprint density at radius 3 is 2.16 bits per heavy atom. The van der Waals surface area contributed by atoms with Crippen molar-refractivity contribution in [3.63, 3.8) is 0 Å².